The maximum atomic E-state index is 8.77. The van der Waals surface area contributed by atoms with Crippen LogP contribution in [0.1, 0.15) is 11.1 Å². The molecular formula is C16H16O. The number of rotatable bonds is 3. The van der Waals surface area contributed by atoms with Crippen LogP contribution in [0.3, 0.4) is 0 Å². The Bertz CT molecular complexity index is 527. The molecule has 1 N–H and O–H groups in total. The quantitative estimate of drug-likeness (QED) is 0.843. The summed E-state index contributed by atoms with van der Waals surface area (Å²) in [6.07, 6.45) is 3.68. The first-order chi connectivity index (χ1) is 8.31. The maximum absolute atomic E-state index is 8.77. The van der Waals surface area contributed by atoms with Crippen LogP contribution in [0.25, 0.3) is 17.2 Å². The summed E-state index contributed by atoms with van der Waals surface area (Å²) >= 11 is 0. The normalized spacial score (nSPS) is 10.9. The first-order valence-corrected chi connectivity index (χ1v) is 5.75. The van der Waals surface area contributed by atoms with Crippen LogP contribution in [0, 0.1) is 6.92 Å². The van der Waals surface area contributed by atoms with Gasteiger partial charge >= 0.3 is 0 Å². The first-order valence-electron chi connectivity index (χ1n) is 5.75. The molecule has 86 valence electrons. The molecule has 0 saturated heterocycles. The van der Waals surface area contributed by atoms with Gasteiger partial charge in [-0.05, 0) is 35.2 Å². The SMILES string of the molecule is Cc1ccccc1-c1cccc(/C=C/CO)c1. The standard InChI is InChI=1S/C16H16O/c1-13-6-2-3-10-16(13)15-9-4-7-14(12-15)8-5-11-17/h2-10,12,17H,11H2,1H3/b8-5+. The van der Waals surface area contributed by atoms with Crippen LogP contribution >= 0.6 is 0 Å². The van der Waals surface area contributed by atoms with Crippen molar-refractivity contribution in [3.63, 3.8) is 0 Å². The zero-order chi connectivity index (χ0) is 12.1. The molecule has 0 bridgehead atoms. The number of aliphatic hydroxyl groups excluding tert-OH is 1. The summed E-state index contributed by atoms with van der Waals surface area (Å²) in [5, 5.41) is 8.77. The summed E-state index contributed by atoms with van der Waals surface area (Å²) in [5.41, 5.74) is 4.85. The van der Waals surface area contributed by atoms with Crippen LogP contribution in [0.2, 0.25) is 0 Å². The molecule has 17 heavy (non-hydrogen) atoms. The van der Waals surface area contributed by atoms with Crippen molar-refractivity contribution >= 4 is 6.08 Å². The fraction of sp³-hybridized carbons (Fsp3) is 0.125. The summed E-state index contributed by atoms with van der Waals surface area (Å²) in [6, 6.07) is 16.7. The molecule has 0 spiro atoms. The van der Waals surface area contributed by atoms with Crippen LogP contribution in [0.5, 0.6) is 0 Å². The Morgan fingerprint density at radius 3 is 2.65 bits per heavy atom. The van der Waals surface area contributed by atoms with Crippen LogP contribution in [0.4, 0.5) is 0 Å². The predicted molar refractivity (Wildman–Crippen MR) is 72.7 cm³/mol. The zero-order valence-corrected chi connectivity index (χ0v) is 9.93. The molecule has 2 aromatic carbocycles. The Kier molecular flexibility index (Phi) is 3.73. The molecule has 0 saturated carbocycles. The van der Waals surface area contributed by atoms with Crippen molar-refractivity contribution in [2.75, 3.05) is 6.61 Å². The Labute approximate surface area is 102 Å². The molecule has 0 amide bonds. The van der Waals surface area contributed by atoms with Gasteiger partial charge < -0.3 is 5.11 Å². The van der Waals surface area contributed by atoms with Gasteiger partial charge in [0.1, 0.15) is 0 Å². The summed E-state index contributed by atoms with van der Waals surface area (Å²) in [7, 11) is 0. The van der Waals surface area contributed by atoms with Gasteiger partial charge in [-0.15, -0.1) is 0 Å². The largest absolute Gasteiger partial charge is 0.392 e. The lowest BCUT2D eigenvalue weighted by Crippen LogP contribution is -1.83. The van der Waals surface area contributed by atoms with Gasteiger partial charge in [-0.25, -0.2) is 0 Å². The molecule has 0 radical (unpaired) electrons. The fourth-order valence-corrected chi connectivity index (χ4v) is 1.90. The summed E-state index contributed by atoms with van der Waals surface area (Å²) < 4.78 is 0. The van der Waals surface area contributed by atoms with Crippen molar-refractivity contribution in [3.8, 4) is 11.1 Å². The Morgan fingerprint density at radius 1 is 1.06 bits per heavy atom. The molecule has 1 nitrogen and oxygen atoms in total. The van der Waals surface area contributed by atoms with E-state index in [1.807, 2.05) is 24.3 Å². The van der Waals surface area contributed by atoms with Crippen molar-refractivity contribution in [3.05, 3.63) is 65.7 Å². The first kappa shape index (κ1) is 11.6. The topological polar surface area (TPSA) is 20.2 Å². The highest BCUT2D eigenvalue weighted by molar-refractivity contribution is 5.70. The lowest BCUT2D eigenvalue weighted by atomic mass is 9.99. The maximum Gasteiger partial charge on any atom is 0.0615 e. The molecule has 2 rings (SSSR count). The van der Waals surface area contributed by atoms with Crippen LogP contribution in [0.15, 0.2) is 54.6 Å². The number of aliphatic hydroxyl groups is 1. The minimum Gasteiger partial charge on any atom is -0.392 e. The van der Waals surface area contributed by atoms with Crippen molar-refractivity contribution in [1.82, 2.24) is 0 Å². The van der Waals surface area contributed by atoms with Gasteiger partial charge in [0.15, 0.2) is 0 Å². The molecule has 2 aromatic rings. The highest BCUT2D eigenvalue weighted by atomic mass is 16.2. The van der Waals surface area contributed by atoms with Gasteiger partial charge in [0, 0.05) is 0 Å². The highest BCUT2D eigenvalue weighted by Crippen LogP contribution is 2.24. The van der Waals surface area contributed by atoms with Gasteiger partial charge in [-0.3, -0.25) is 0 Å². The Morgan fingerprint density at radius 2 is 1.88 bits per heavy atom. The van der Waals surface area contributed by atoms with E-state index in [0.29, 0.717) is 0 Å². The van der Waals surface area contributed by atoms with E-state index in [1.54, 1.807) is 6.08 Å². The van der Waals surface area contributed by atoms with Crippen molar-refractivity contribution < 1.29 is 5.11 Å². The van der Waals surface area contributed by atoms with Gasteiger partial charge in [-0.1, -0.05) is 54.6 Å². The number of benzene rings is 2. The summed E-state index contributed by atoms with van der Waals surface area (Å²) in [5.74, 6) is 0. The summed E-state index contributed by atoms with van der Waals surface area (Å²) in [6.45, 7) is 2.19. The van der Waals surface area contributed by atoms with Gasteiger partial charge in [0.25, 0.3) is 0 Å². The molecule has 0 aliphatic rings. The van der Waals surface area contributed by atoms with E-state index in [-0.39, 0.29) is 6.61 Å². The molecule has 1 heteroatoms. The second-order valence-corrected chi connectivity index (χ2v) is 4.03. The average molecular weight is 224 g/mol. The van der Waals surface area contributed by atoms with Crippen molar-refractivity contribution in [1.29, 1.82) is 0 Å². The second-order valence-electron chi connectivity index (χ2n) is 4.03. The van der Waals surface area contributed by atoms with Crippen LogP contribution in [-0.4, -0.2) is 11.7 Å². The Balaban J connectivity index is 2.40. The lowest BCUT2D eigenvalue weighted by Gasteiger charge is -2.06. The van der Waals surface area contributed by atoms with E-state index in [0.717, 1.165) is 5.56 Å². The predicted octanol–water partition coefficient (Wildman–Crippen LogP) is 3.67. The lowest BCUT2D eigenvalue weighted by molar-refractivity contribution is 0.343. The molecule has 0 heterocycles. The van der Waals surface area contributed by atoms with E-state index >= 15 is 0 Å². The molecule has 0 aliphatic heterocycles. The fourth-order valence-electron chi connectivity index (χ4n) is 1.90. The Hall–Kier alpha value is -1.86. The van der Waals surface area contributed by atoms with Crippen molar-refractivity contribution in [2.24, 2.45) is 0 Å². The molecule has 0 fully saturated rings. The minimum absolute atomic E-state index is 0.0780. The van der Waals surface area contributed by atoms with Crippen molar-refractivity contribution in [2.45, 2.75) is 6.92 Å². The number of hydrogen-bond acceptors (Lipinski definition) is 1. The van der Waals surface area contributed by atoms with Crippen LogP contribution in [-0.2, 0) is 0 Å². The van der Waals surface area contributed by atoms with E-state index < -0.39 is 0 Å². The molecule has 0 unspecified atom stereocenters. The number of aryl methyl sites for hydroxylation is 1. The molecule has 0 aromatic heterocycles. The van der Waals surface area contributed by atoms with E-state index in [1.165, 1.54) is 16.7 Å². The third-order valence-corrected chi connectivity index (χ3v) is 2.76. The second kappa shape index (κ2) is 5.46. The van der Waals surface area contributed by atoms with E-state index in [4.69, 9.17) is 5.11 Å². The monoisotopic (exact) mass is 224 g/mol. The minimum atomic E-state index is 0.0780. The van der Waals surface area contributed by atoms with Gasteiger partial charge in [0.05, 0.1) is 6.61 Å². The molecular weight excluding hydrogens is 208 g/mol. The third kappa shape index (κ3) is 2.83. The number of hydrogen-bond donors (Lipinski definition) is 1. The van der Waals surface area contributed by atoms with Gasteiger partial charge in [-0.2, -0.15) is 0 Å². The third-order valence-electron chi connectivity index (χ3n) is 2.76. The smallest absolute Gasteiger partial charge is 0.0615 e. The van der Waals surface area contributed by atoms with Crippen LogP contribution < -0.4 is 0 Å². The zero-order valence-electron chi connectivity index (χ0n) is 9.93. The highest BCUT2D eigenvalue weighted by Gasteiger charge is 2.00. The average Bonchev–Trinajstić information content (AvgIpc) is 2.37. The molecule has 0 aliphatic carbocycles. The van der Waals surface area contributed by atoms with E-state index in [9.17, 15) is 0 Å². The van der Waals surface area contributed by atoms with Gasteiger partial charge in [0.2, 0.25) is 0 Å². The van der Waals surface area contributed by atoms with E-state index in [2.05, 4.69) is 37.3 Å². The molecule has 0 atom stereocenters. The summed E-state index contributed by atoms with van der Waals surface area (Å²) in [4.78, 5) is 0.